The summed E-state index contributed by atoms with van der Waals surface area (Å²) in [6, 6.07) is 8.88. The van der Waals surface area contributed by atoms with E-state index in [2.05, 4.69) is 0 Å². The van der Waals surface area contributed by atoms with Crippen molar-refractivity contribution in [2.24, 2.45) is 5.73 Å². The number of ether oxygens (including phenoxy) is 1. The highest BCUT2D eigenvalue weighted by Crippen LogP contribution is 2.29. The second-order valence-electron chi connectivity index (χ2n) is 5.05. The summed E-state index contributed by atoms with van der Waals surface area (Å²) >= 11 is 0. The summed E-state index contributed by atoms with van der Waals surface area (Å²) in [6.45, 7) is 2.58. The molecule has 2 aromatic rings. The fourth-order valence-electron chi connectivity index (χ4n) is 2.34. The van der Waals surface area contributed by atoms with Gasteiger partial charge in [0.25, 0.3) is 0 Å². The second-order valence-corrected chi connectivity index (χ2v) is 5.05. The van der Waals surface area contributed by atoms with Gasteiger partial charge < -0.3 is 15.6 Å². The average Bonchev–Trinajstić information content (AvgIpc) is 2.51. The first kappa shape index (κ1) is 16.2. The lowest BCUT2D eigenvalue weighted by molar-refractivity contribution is 0.317. The van der Waals surface area contributed by atoms with E-state index < -0.39 is 11.6 Å². The van der Waals surface area contributed by atoms with E-state index in [0.717, 1.165) is 11.6 Å². The number of hydrogen-bond acceptors (Lipinski definition) is 3. The van der Waals surface area contributed by atoms with Crippen LogP contribution in [0.5, 0.6) is 11.5 Å². The minimum absolute atomic E-state index is 0.0720. The minimum Gasteiger partial charge on any atom is -0.504 e. The number of nitrogens with two attached hydrogens (primary N) is 1. The van der Waals surface area contributed by atoms with E-state index in [0.29, 0.717) is 30.9 Å². The molecule has 1 atom stereocenters. The monoisotopic (exact) mass is 307 g/mol. The first-order chi connectivity index (χ1) is 10.5. The van der Waals surface area contributed by atoms with Gasteiger partial charge in [-0.25, -0.2) is 8.78 Å². The Morgan fingerprint density at radius 3 is 2.55 bits per heavy atom. The Balaban J connectivity index is 2.22. The van der Waals surface area contributed by atoms with Gasteiger partial charge in [-0.3, -0.25) is 0 Å². The molecule has 5 heteroatoms. The average molecular weight is 307 g/mol. The van der Waals surface area contributed by atoms with Crippen molar-refractivity contribution in [1.82, 2.24) is 0 Å². The van der Waals surface area contributed by atoms with Gasteiger partial charge in [-0.15, -0.1) is 0 Å². The third-order valence-corrected chi connectivity index (χ3v) is 3.51. The van der Waals surface area contributed by atoms with Crippen LogP contribution in [0.25, 0.3) is 0 Å². The molecule has 3 N–H and O–H groups in total. The van der Waals surface area contributed by atoms with E-state index in [4.69, 9.17) is 10.5 Å². The Bertz CT molecular complexity index is 647. The summed E-state index contributed by atoms with van der Waals surface area (Å²) < 4.78 is 31.7. The highest BCUT2D eigenvalue weighted by Gasteiger charge is 2.14. The van der Waals surface area contributed by atoms with Crippen LogP contribution in [-0.4, -0.2) is 18.3 Å². The standard InChI is InChI=1S/C17H19F2NO2/c1-2-22-17-8-11(3-6-16(17)21)7-13(10-20)12-4-5-14(18)15(19)9-12/h3-6,8-9,13,21H,2,7,10,20H2,1H3. The summed E-state index contributed by atoms with van der Waals surface area (Å²) in [6.07, 6.45) is 0.544. The Labute approximate surface area is 128 Å². The summed E-state index contributed by atoms with van der Waals surface area (Å²) in [5.74, 6) is -1.42. The number of benzene rings is 2. The number of phenolic OH excluding ortho intramolecular Hbond substituents is 1. The number of rotatable bonds is 6. The van der Waals surface area contributed by atoms with Crippen molar-refractivity contribution in [3.8, 4) is 11.5 Å². The number of phenols is 1. The smallest absolute Gasteiger partial charge is 0.161 e. The predicted molar refractivity (Wildman–Crippen MR) is 81.1 cm³/mol. The normalized spacial score (nSPS) is 12.2. The Kier molecular flexibility index (Phi) is 5.33. The van der Waals surface area contributed by atoms with Gasteiger partial charge >= 0.3 is 0 Å². The first-order valence-electron chi connectivity index (χ1n) is 7.14. The van der Waals surface area contributed by atoms with Gasteiger partial charge in [0.2, 0.25) is 0 Å². The lowest BCUT2D eigenvalue weighted by Gasteiger charge is -2.16. The maximum Gasteiger partial charge on any atom is 0.161 e. The van der Waals surface area contributed by atoms with Crippen molar-refractivity contribution in [2.45, 2.75) is 19.3 Å². The Hall–Kier alpha value is -2.14. The SMILES string of the molecule is CCOc1cc(CC(CN)c2ccc(F)c(F)c2)ccc1O. The van der Waals surface area contributed by atoms with Crippen LogP contribution in [0.4, 0.5) is 8.78 Å². The molecule has 2 rings (SSSR count). The molecule has 118 valence electrons. The lowest BCUT2D eigenvalue weighted by Crippen LogP contribution is -2.15. The maximum atomic E-state index is 13.4. The highest BCUT2D eigenvalue weighted by atomic mass is 19.2. The maximum absolute atomic E-state index is 13.4. The summed E-state index contributed by atoms with van der Waals surface area (Å²) in [4.78, 5) is 0. The fourth-order valence-corrected chi connectivity index (χ4v) is 2.34. The molecule has 0 fully saturated rings. The Morgan fingerprint density at radius 1 is 1.14 bits per heavy atom. The van der Waals surface area contributed by atoms with Crippen molar-refractivity contribution in [1.29, 1.82) is 0 Å². The lowest BCUT2D eigenvalue weighted by atomic mass is 9.92. The zero-order valence-electron chi connectivity index (χ0n) is 12.4. The Morgan fingerprint density at radius 2 is 1.91 bits per heavy atom. The van der Waals surface area contributed by atoms with Crippen LogP contribution >= 0.6 is 0 Å². The topological polar surface area (TPSA) is 55.5 Å². The first-order valence-corrected chi connectivity index (χ1v) is 7.14. The molecule has 0 radical (unpaired) electrons. The molecule has 0 aliphatic rings. The summed E-state index contributed by atoms with van der Waals surface area (Å²) in [5.41, 5.74) is 7.32. The molecular formula is C17H19F2NO2. The van der Waals surface area contributed by atoms with Gasteiger partial charge in [-0.1, -0.05) is 12.1 Å². The van der Waals surface area contributed by atoms with Crippen molar-refractivity contribution >= 4 is 0 Å². The zero-order valence-corrected chi connectivity index (χ0v) is 12.4. The van der Waals surface area contributed by atoms with Gasteiger partial charge in [0.15, 0.2) is 23.1 Å². The molecular weight excluding hydrogens is 288 g/mol. The number of halogens is 2. The number of aromatic hydroxyl groups is 1. The summed E-state index contributed by atoms with van der Waals surface area (Å²) in [7, 11) is 0. The quantitative estimate of drug-likeness (QED) is 0.860. The van der Waals surface area contributed by atoms with Gasteiger partial charge in [0.1, 0.15) is 0 Å². The van der Waals surface area contributed by atoms with Crippen molar-refractivity contribution < 1.29 is 18.6 Å². The van der Waals surface area contributed by atoms with Crippen LogP contribution in [-0.2, 0) is 6.42 Å². The van der Waals surface area contributed by atoms with E-state index in [9.17, 15) is 13.9 Å². The van der Waals surface area contributed by atoms with Crippen LogP contribution in [0.3, 0.4) is 0 Å². The zero-order chi connectivity index (χ0) is 16.1. The van der Waals surface area contributed by atoms with Gasteiger partial charge in [0, 0.05) is 5.92 Å². The minimum atomic E-state index is -0.878. The predicted octanol–water partition coefficient (Wildman–Crippen LogP) is 3.35. The second kappa shape index (κ2) is 7.22. The molecule has 1 unspecified atom stereocenters. The van der Waals surface area contributed by atoms with Crippen LogP contribution in [0, 0.1) is 11.6 Å². The summed E-state index contributed by atoms with van der Waals surface area (Å²) in [5, 5.41) is 9.70. The molecule has 0 bridgehead atoms. The molecule has 0 spiro atoms. The molecule has 22 heavy (non-hydrogen) atoms. The van der Waals surface area contributed by atoms with Crippen LogP contribution in [0.1, 0.15) is 24.0 Å². The van der Waals surface area contributed by atoms with Crippen molar-refractivity contribution in [2.75, 3.05) is 13.2 Å². The molecule has 0 aliphatic carbocycles. The molecule has 3 nitrogen and oxygen atoms in total. The number of hydrogen-bond donors (Lipinski definition) is 2. The van der Waals surface area contributed by atoms with Crippen LogP contribution in [0.15, 0.2) is 36.4 Å². The fraction of sp³-hybridized carbons (Fsp3) is 0.294. The van der Waals surface area contributed by atoms with Gasteiger partial charge in [-0.2, -0.15) is 0 Å². The molecule has 0 amide bonds. The van der Waals surface area contributed by atoms with Crippen LogP contribution < -0.4 is 10.5 Å². The third kappa shape index (κ3) is 3.74. The molecule has 0 aromatic heterocycles. The third-order valence-electron chi connectivity index (χ3n) is 3.51. The van der Waals surface area contributed by atoms with E-state index in [1.807, 2.05) is 6.92 Å². The van der Waals surface area contributed by atoms with E-state index in [1.165, 1.54) is 6.07 Å². The highest BCUT2D eigenvalue weighted by molar-refractivity contribution is 5.42. The molecule has 0 saturated heterocycles. The van der Waals surface area contributed by atoms with E-state index in [-0.39, 0.29) is 11.7 Å². The van der Waals surface area contributed by atoms with Gasteiger partial charge in [-0.05, 0) is 55.3 Å². The van der Waals surface area contributed by atoms with E-state index in [1.54, 1.807) is 24.3 Å². The van der Waals surface area contributed by atoms with Crippen molar-refractivity contribution in [3.05, 3.63) is 59.2 Å². The van der Waals surface area contributed by atoms with Gasteiger partial charge in [0.05, 0.1) is 6.61 Å². The van der Waals surface area contributed by atoms with Crippen molar-refractivity contribution in [3.63, 3.8) is 0 Å². The molecule has 2 aromatic carbocycles. The van der Waals surface area contributed by atoms with Crippen LogP contribution in [0.2, 0.25) is 0 Å². The molecule has 0 heterocycles. The molecule has 0 saturated carbocycles. The van der Waals surface area contributed by atoms with E-state index >= 15 is 0 Å². The molecule has 0 aliphatic heterocycles. The largest absolute Gasteiger partial charge is 0.504 e.